The number of rotatable bonds is 4. The molecule has 5 nitrogen and oxygen atoms in total. The fourth-order valence-electron chi connectivity index (χ4n) is 1.61. The van der Waals surface area contributed by atoms with Crippen LogP contribution in [0.3, 0.4) is 0 Å². The van der Waals surface area contributed by atoms with E-state index in [0.29, 0.717) is 16.9 Å². The molecule has 0 saturated carbocycles. The second-order valence-electron chi connectivity index (χ2n) is 3.61. The van der Waals surface area contributed by atoms with Crippen molar-refractivity contribution in [1.29, 1.82) is 0 Å². The minimum absolute atomic E-state index is 0.161. The Morgan fingerprint density at radius 2 is 1.78 bits per heavy atom. The van der Waals surface area contributed by atoms with Gasteiger partial charge in [-0.3, -0.25) is 14.4 Å². The molecule has 0 atom stereocenters. The number of esters is 1. The maximum atomic E-state index is 11.9. The first kappa shape index (κ1) is 12.6. The number of ether oxygens (including phenoxy) is 1. The number of benzene rings is 1. The number of hydrogen-bond acceptors (Lipinski definition) is 5. The number of carbonyl (C=O) groups is 3. The summed E-state index contributed by atoms with van der Waals surface area (Å²) < 4.78 is 5.58. The lowest BCUT2D eigenvalue weighted by Gasteiger charge is -2.11. The van der Waals surface area contributed by atoms with E-state index in [1.807, 2.05) is 0 Å². The van der Waals surface area contributed by atoms with Crippen LogP contribution < -0.4 is 0 Å². The highest BCUT2D eigenvalue weighted by molar-refractivity contribution is 7.98. The van der Waals surface area contributed by atoms with Gasteiger partial charge in [-0.25, -0.2) is 4.31 Å². The molecular weight excluding hydrogens is 254 g/mol. The molecular formula is C12H11NO4S. The average molecular weight is 265 g/mol. The van der Waals surface area contributed by atoms with Crippen molar-refractivity contribution in [2.45, 2.75) is 6.42 Å². The van der Waals surface area contributed by atoms with E-state index in [-0.39, 0.29) is 24.2 Å². The van der Waals surface area contributed by atoms with Crippen LogP contribution in [0.25, 0.3) is 0 Å². The number of hydrogen-bond donors (Lipinski definition) is 0. The highest BCUT2D eigenvalue weighted by Gasteiger charge is 2.35. The van der Waals surface area contributed by atoms with Gasteiger partial charge in [-0.2, -0.15) is 0 Å². The van der Waals surface area contributed by atoms with Crippen molar-refractivity contribution in [2.75, 3.05) is 12.9 Å². The predicted molar refractivity (Wildman–Crippen MR) is 66.0 cm³/mol. The van der Waals surface area contributed by atoms with Crippen LogP contribution in [0.2, 0.25) is 0 Å². The SMILES string of the molecule is COC(=O)CCSN1C(=O)c2ccccc2C1=O. The monoisotopic (exact) mass is 265 g/mol. The maximum absolute atomic E-state index is 11.9. The summed E-state index contributed by atoms with van der Waals surface area (Å²) in [7, 11) is 1.30. The first-order valence-corrected chi connectivity index (χ1v) is 6.27. The molecule has 2 rings (SSSR count). The molecule has 6 heteroatoms. The molecule has 0 N–H and O–H groups in total. The second kappa shape index (κ2) is 5.22. The Hall–Kier alpha value is -1.82. The van der Waals surface area contributed by atoms with E-state index in [9.17, 15) is 14.4 Å². The molecule has 0 saturated heterocycles. The Morgan fingerprint density at radius 1 is 1.22 bits per heavy atom. The van der Waals surface area contributed by atoms with E-state index in [2.05, 4.69) is 4.74 Å². The minimum Gasteiger partial charge on any atom is -0.469 e. The average Bonchev–Trinajstić information content (AvgIpc) is 2.64. The highest BCUT2D eigenvalue weighted by Crippen LogP contribution is 2.28. The van der Waals surface area contributed by atoms with Crippen molar-refractivity contribution in [2.24, 2.45) is 0 Å². The fraction of sp³-hybridized carbons (Fsp3) is 0.250. The summed E-state index contributed by atoms with van der Waals surface area (Å²) in [6.07, 6.45) is 0.161. The quantitative estimate of drug-likeness (QED) is 0.469. The lowest BCUT2D eigenvalue weighted by atomic mass is 10.1. The Labute approximate surface area is 108 Å². The van der Waals surface area contributed by atoms with E-state index in [1.165, 1.54) is 7.11 Å². The van der Waals surface area contributed by atoms with E-state index in [1.54, 1.807) is 24.3 Å². The van der Waals surface area contributed by atoms with Gasteiger partial charge in [0, 0.05) is 5.75 Å². The minimum atomic E-state index is -0.362. The number of carbonyl (C=O) groups excluding carboxylic acids is 3. The molecule has 1 aliphatic heterocycles. The molecule has 0 aromatic heterocycles. The molecule has 0 spiro atoms. The number of amides is 2. The van der Waals surface area contributed by atoms with Crippen LogP contribution in [0.4, 0.5) is 0 Å². The largest absolute Gasteiger partial charge is 0.469 e. The maximum Gasteiger partial charge on any atom is 0.306 e. The van der Waals surface area contributed by atoms with Gasteiger partial charge >= 0.3 is 5.97 Å². The van der Waals surface area contributed by atoms with Crippen LogP contribution in [-0.2, 0) is 9.53 Å². The number of imide groups is 1. The zero-order valence-electron chi connectivity index (χ0n) is 9.71. The zero-order chi connectivity index (χ0) is 13.1. The van der Waals surface area contributed by atoms with Gasteiger partial charge in [-0.15, -0.1) is 0 Å². The predicted octanol–water partition coefficient (Wildman–Crippen LogP) is 1.49. The Balaban J connectivity index is 2.03. The second-order valence-corrected chi connectivity index (χ2v) is 4.64. The summed E-state index contributed by atoms with van der Waals surface area (Å²) >= 11 is 1.03. The molecule has 0 fully saturated rings. The van der Waals surface area contributed by atoms with Gasteiger partial charge < -0.3 is 4.74 Å². The fourth-order valence-corrected chi connectivity index (χ4v) is 2.48. The smallest absolute Gasteiger partial charge is 0.306 e. The topological polar surface area (TPSA) is 63.7 Å². The van der Waals surface area contributed by atoms with Gasteiger partial charge in [0.2, 0.25) is 0 Å². The Bertz CT molecular complexity index is 480. The highest BCUT2D eigenvalue weighted by atomic mass is 32.2. The van der Waals surface area contributed by atoms with Crippen molar-refractivity contribution < 1.29 is 19.1 Å². The molecule has 1 aromatic rings. The lowest BCUT2D eigenvalue weighted by Crippen LogP contribution is -2.23. The molecule has 1 aromatic carbocycles. The summed E-state index contributed by atoms with van der Waals surface area (Å²) in [5, 5.41) is 0. The summed E-state index contributed by atoms with van der Waals surface area (Å²) in [5.41, 5.74) is 0.820. The van der Waals surface area contributed by atoms with Gasteiger partial charge in [-0.1, -0.05) is 12.1 Å². The van der Waals surface area contributed by atoms with Crippen LogP contribution in [0.1, 0.15) is 27.1 Å². The molecule has 0 unspecified atom stereocenters. The molecule has 1 heterocycles. The standard InChI is InChI=1S/C12H11NO4S/c1-17-10(14)6-7-18-13-11(15)8-4-2-3-5-9(8)12(13)16/h2-5H,6-7H2,1H3. The van der Waals surface area contributed by atoms with E-state index in [0.717, 1.165) is 16.3 Å². The van der Waals surface area contributed by atoms with Crippen molar-refractivity contribution >= 4 is 29.7 Å². The molecule has 0 radical (unpaired) electrons. The first-order valence-electron chi connectivity index (χ1n) is 5.32. The normalized spacial score (nSPS) is 13.7. The first-order chi connectivity index (χ1) is 8.65. The van der Waals surface area contributed by atoms with Gasteiger partial charge in [0.15, 0.2) is 0 Å². The summed E-state index contributed by atoms with van der Waals surface area (Å²) in [4.78, 5) is 34.8. The van der Waals surface area contributed by atoms with Gasteiger partial charge in [0.1, 0.15) is 0 Å². The van der Waals surface area contributed by atoms with Gasteiger partial charge in [0.25, 0.3) is 11.8 Å². The van der Waals surface area contributed by atoms with Crippen molar-refractivity contribution in [3.8, 4) is 0 Å². The number of nitrogens with zero attached hydrogens (tertiary/aromatic N) is 1. The molecule has 2 amide bonds. The van der Waals surface area contributed by atoms with Crippen LogP contribution in [0, 0.1) is 0 Å². The van der Waals surface area contributed by atoms with Crippen molar-refractivity contribution in [1.82, 2.24) is 4.31 Å². The van der Waals surface area contributed by atoms with Crippen LogP contribution in [0.15, 0.2) is 24.3 Å². The Kier molecular flexibility index (Phi) is 3.66. The van der Waals surface area contributed by atoms with E-state index in [4.69, 9.17) is 0 Å². The molecule has 18 heavy (non-hydrogen) atoms. The molecule has 0 aliphatic carbocycles. The third-order valence-electron chi connectivity index (χ3n) is 2.51. The third-order valence-corrected chi connectivity index (χ3v) is 3.49. The summed E-state index contributed by atoms with van der Waals surface area (Å²) in [6, 6.07) is 6.67. The zero-order valence-corrected chi connectivity index (χ0v) is 10.5. The van der Waals surface area contributed by atoms with Crippen LogP contribution in [0.5, 0.6) is 0 Å². The van der Waals surface area contributed by atoms with Crippen LogP contribution in [-0.4, -0.2) is 35.0 Å². The lowest BCUT2D eigenvalue weighted by molar-refractivity contribution is -0.140. The van der Waals surface area contributed by atoms with Gasteiger partial charge in [0.05, 0.1) is 24.7 Å². The van der Waals surface area contributed by atoms with Crippen LogP contribution >= 0.6 is 11.9 Å². The van der Waals surface area contributed by atoms with E-state index >= 15 is 0 Å². The summed E-state index contributed by atoms with van der Waals surface area (Å²) in [6.45, 7) is 0. The molecule has 94 valence electrons. The van der Waals surface area contributed by atoms with E-state index < -0.39 is 0 Å². The molecule has 0 bridgehead atoms. The third kappa shape index (κ3) is 2.24. The van der Waals surface area contributed by atoms with Crippen molar-refractivity contribution in [3.63, 3.8) is 0 Å². The van der Waals surface area contributed by atoms with Crippen molar-refractivity contribution in [3.05, 3.63) is 35.4 Å². The number of fused-ring (bicyclic) bond motifs is 1. The Morgan fingerprint density at radius 3 is 2.28 bits per heavy atom. The van der Waals surface area contributed by atoms with Gasteiger partial charge in [-0.05, 0) is 24.1 Å². The summed E-state index contributed by atoms with van der Waals surface area (Å²) in [5.74, 6) is -0.687. The number of methoxy groups -OCH3 is 1. The molecule has 1 aliphatic rings.